The van der Waals surface area contributed by atoms with Crippen molar-refractivity contribution >= 4 is 22.8 Å². The van der Waals surface area contributed by atoms with E-state index in [1.807, 2.05) is 73.7 Å². The Balaban J connectivity index is 1.53. The van der Waals surface area contributed by atoms with Crippen LogP contribution in [0.3, 0.4) is 0 Å². The van der Waals surface area contributed by atoms with Crippen molar-refractivity contribution in [2.45, 2.75) is 19.8 Å². The van der Waals surface area contributed by atoms with E-state index < -0.39 is 0 Å². The zero-order valence-electron chi connectivity index (χ0n) is 16.5. The van der Waals surface area contributed by atoms with Crippen LogP contribution in [0.2, 0.25) is 0 Å². The number of ether oxygens (including phenoxy) is 1. The van der Waals surface area contributed by atoms with E-state index in [9.17, 15) is 0 Å². The second-order valence-electron chi connectivity index (χ2n) is 6.70. The maximum Gasteiger partial charge on any atom is 0.208 e. The highest BCUT2D eigenvalue weighted by molar-refractivity contribution is 7.13. The van der Waals surface area contributed by atoms with Crippen molar-refractivity contribution in [2.75, 3.05) is 5.32 Å². The summed E-state index contributed by atoms with van der Waals surface area (Å²) in [6, 6.07) is 23.9. The molecular formula is C24H20N4OS. The molecule has 4 aromatic rings. The SMILES string of the molecule is Cc1nc(-c2ccccc2)c(Oc2ccnc(Nc3cccc(CCC#N)c3)c2)s1. The third-order valence-corrected chi connectivity index (χ3v) is 5.27. The molecule has 1 N–H and O–H groups in total. The summed E-state index contributed by atoms with van der Waals surface area (Å²) in [5.74, 6) is 1.38. The lowest BCUT2D eigenvalue weighted by Crippen LogP contribution is -1.95. The van der Waals surface area contributed by atoms with Crippen LogP contribution in [-0.4, -0.2) is 9.97 Å². The number of benzene rings is 2. The normalized spacial score (nSPS) is 10.4. The predicted octanol–water partition coefficient (Wildman–Crippen LogP) is 6.51. The van der Waals surface area contributed by atoms with Crippen molar-refractivity contribution in [3.63, 3.8) is 0 Å². The van der Waals surface area contributed by atoms with Gasteiger partial charge in [-0.15, -0.1) is 0 Å². The summed E-state index contributed by atoms with van der Waals surface area (Å²) in [6.45, 7) is 1.98. The standard InChI is InChI=1S/C24H20N4OS/c1-17-27-23(19-9-3-2-4-10-19)24(30-17)29-21-12-14-26-22(16-21)28-20-11-5-7-18(15-20)8-6-13-25/h2-5,7,9-12,14-16H,6,8H2,1H3,(H,26,28). The van der Waals surface area contributed by atoms with E-state index >= 15 is 0 Å². The maximum absolute atomic E-state index is 8.78. The molecule has 0 unspecified atom stereocenters. The summed E-state index contributed by atoms with van der Waals surface area (Å²) in [6.07, 6.45) is 2.95. The highest BCUT2D eigenvalue weighted by atomic mass is 32.1. The summed E-state index contributed by atoms with van der Waals surface area (Å²) < 4.78 is 6.18. The molecule has 0 atom stereocenters. The largest absolute Gasteiger partial charge is 0.444 e. The number of aromatic nitrogens is 2. The first-order valence-electron chi connectivity index (χ1n) is 9.61. The van der Waals surface area contributed by atoms with Crippen molar-refractivity contribution < 1.29 is 4.74 Å². The Hall–Kier alpha value is -3.69. The minimum absolute atomic E-state index is 0.503. The Morgan fingerprint density at radius 2 is 1.93 bits per heavy atom. The predicted molar refractivity (Wildman–Crippen MR) is 120 cm³/mol. The van der Waals surface area contributed by atoms with Gasteiger partial charge in [-0.2, -0.15) is 5.26 Å². The molecule has 148 valence electrons. The lowest BCUT2D eigenvalue weighted by molar-refractivity contribution is 0.496. The first-order valence-corrected chi connectivity index (χ1v) is 10.4. The molecule has 0 saturated carbocycles. The number of rotatable bonds is 7. The van der Waals surface area contributed by atoms with E-state index in [2.05, 4.69) is 21.4 Å². The Labute approximate surface area is 179 Å². The molecule has 6 heteroatoms. The van der Waals surface area contributed by atoms with Gasteiger partial charge in [0.1, 0.15) is 17.3 Å². The summed E-state index contributed by atoms with van der Waals surface area (Å²) in [4.78, 5) is 9.04. The Morgan fingerprint density at radius 3 is 2.77 bits per heavy atom. The number of nitrogens with one attached hydrogen (secondary N) is 1. The van der Waals surface area contributed by atoms with Gasteiger partial charge in [0.05, 0.1) is 11.1 Å². The summed E-state index contributed by atoms with van der Waals surface area (Å²) in [7, 11) is 0. The molecule has 30 heavy (non-hydrogen) atoms. The molecule has 2 heterocycles. The fraction of sp³-hybridized carbons (Fsp3) is 0.125. The average Bonchev–Trinajstić information content (AvgIpc) is 3.13. The van der Waals surface area contributed by atoms with Crippen LogP contribution < -0.4 is 10.1 Å². The minimum Gasteiger partial charge on any atom is -0.444 e. The van der Waals surface area contributed by atoms with E-state index in [1.165, 1.54) is 11.3 Å². The number of aryl methyl sites for hydroxylation is 2. The molecule has 2 aromatic heterocycles. The van der Waals surface area contributed by atoms with Gasteiger partial charge in [-0.3, -0.25) is 0 Å². The number of nitrogens with zero attached hydrogens (tertiary/aromatic N) is 3. The Morgan fingerprint density at radius 1 is 1.07 bits per heavy atom. The molecule has 5 nitrogen and oxygen atoms in total. The highest BCUT2D eigenvalue weighted by Crippen LogP contribution is 2.38. The Bertz CT molecular complexity index is 1180. The summed E-state index contributed by atoms with van der Waals surface area (Å²) in [5, 5.41) is 13.8. The number of nitriles is 1. The zero-order chi connectivity index (χ0) is 20.8. The van der Waals surface area contributed by atoms with Gasteiger partial charge in [-0.05, 0) is 37.1 Å². The van der Waals surface area contributed by atoms with E-state index in [1.54, 1.807) is 6.20 Å². The lowest BCUT2D eigenvalue weighted by Gasteiger charge is -2.10. The lowest BCUT2D eigenvalue weighted by atomic mass is 10.1. The van der Waals surface area contributed by atoms with Gasteiger partial charge in [0.15, 0.2) is 0 Å². The third-order valence-electron chi connectivity index (χ3n) is 4.42. The molecule has 0 fully saturated rings. The quantitative estimate of drug-likeness (QED) is 0.375. The van der Waals surface area contributed by atoms with Gasteiger partial charge in [0, 0.05) is 29.9 Å². The molecular weight excluding hydrogens is 392 g/mol. The van der Waals surface area contributed by atoms with E-state index in [0.717, 1.165) is 39.0 Å². The molecule has 0 aliphatic carbocycles. The van der Waals surface area contributed by atoms with Gasteiger partial charge in [0.2, 0.25) is 5.06 Å². The number of hydrogen-bond donors (Lipinski definition) is 1. The number of hydrogen-bond acceptors (Lipinski definition) is 6. The maximum atomic E-state index is 8.78. The average molecular weight is 413 g/mol. The summed E-state index contributed by atoms with van der Waals surface area (Å²) in [5.41, 5.74) is 3.91. The molecule has 2 aromatic carbocycles. The molecule has 0 amide bonds. The van der Waals surface area contributed by atoms with Crippen molar-refractivity contribution in [2.24, 2.45) is 0 Å². The minimum atomic E-state index is 0.503. The van der Waals surface area contributed by atoms with Crippen LogP contribution >= 0.6 is 11.3 Å². The van der Waals surface area contributed by atoms with Crippen LogP contribution in [0.4, 0.5) is 11.5 Å². The van der Waals surface area contributed by atoms with Crippen LogP contribution in [0.1, 0.15) is 17.0 Å². The van der Waals surface area contributed by atoms with E-state index in [0.29, 0.717) is 18.0 Å². The second kappa shape index (κ2) is 9.21. The first kappa shape index (κ1) is 19.6. The fourth-order valence-corrected chi connectivity index (χ4v) is 3.86. The van der Waals surface area contributed by atoms with Crippen molar-refractivity contribution in [1.29, 1.82) is 5.26 Å². The smallest absolute Gasteiger partial charge is 0.208 e. The van der Waals surface area contributed by atoms with Crippen LogP contribution in [0.5, 0.6) is 10.8 Å². The van der Waals surface area contributed by atoms with Gasteiger partial charge >= 0.3 is 0 Å². The molecule has 0 radical (unpaired) electrons. The number of thiazole rings is 1. The van der Waals surface area contributed by atoms with E-state index in [-0.39, 0.29) is 0 Å². The van der Waals surface area contributed by atoms with Crippen LogP contribution in [0.25, 0.3) is 11.3 Å². The van der Waals surface area contributed by atoms with Gasteiger partial charge < -0.3 is 10.1 Å². The van der Waals surface area contributed by atoms with Crippen LogP contribution in [-0.2, 0) is 6.42 Å². The number of anilines is 2. The summed E-state index contributed by atoms with van der Waals surface area (Å²) >= 11 is 1.52. The van der Waals surface area contributed by atoms with Gasteiger partial charge in [0.25, 0.3) is 0 Å². The second-order valence-corrected chi connectivity index (χ2v) is 7.86. The van der Waals surface area contributed by atoms with Gasteiger partial charge in [-0.25, -0.2) is 9.97 Å². The van der Waals surface area contributed by atoms with Crippen LogP contribution in [0, 0.1) is 18.3 Å². The zero-order valence-corrected chi connectivity index (χ0v) is 17.3. The van der Waals surface area contributed by atoms with Gasteiger partial charge in [-0.1, -0.05) is 53.8 Å². The fourth-order valence-electron chi connectivity index (χ4n) is 3.06. The van der Waals surface area contributed by atoms with Crippen molar-refractivity contribution in [1.82, 2.24) is 9.97 Å². The van der Waals surface area contributed by atoms with E-state index in [4.69, 9.17) is 10.00 Å². The third kappa shape index (κ3) is 4.83. The topological polar surface area (TPSA) is 70.8 Å². The molecule has 4 rings (SSSR count). The number of pyridine rings is 1. The monoisotopic (exact) mass is 412 g/mol. The molecule has 0 aliphatic rings. The highest BCUT2D eigenvalue weighted by Gasteiger charge is 2.14. The Kier molecular flexibility index (Phi) is 6.02. The molecule has 0 bridgehead atoms. The molecule has 0 saturated heterocycles. The van der Waals surface area contributed by atoms with Crippen molar-refractivity contribution in [3.05, 3.63) is 83.5 Å². The van der Waals surface area contributed by atoms with Crippen LogP contribution in [0.15, 0.2) is 72.9 Å². The molecule has 0 spiro atoms. The first-order chi connectivity index (χ1) is 14.7. The molecule has 0 aliphatic heterocycles. The van der Waals surface area contributed by atoms with Crippen molar-refractivity contribution in [3.8, 4) is 28.1 Å².